The van der Waals surface area contributed by atoms with Crippen LogP contribution in [0.3, 0.4) is 0 Å². The Morgan fingerprint density at radius 2 is 1.90 bits per heavy atom. The minimum atomic E-state index is -4.39. The number of likely N-dealkylation sites (N-methyl/N-ethyl adjacent to an activating group) is 1. The molecule has 0 aliphatic carbocycles. The van der Waals surface area contributed by atoms with E-state index in [9.17, 15) is 14.3 Å². The topological polar surface area (TPSA) is 84.9 Å². The Morgan fingerprint density at radius 3 is 2.33 bits per heavy atom. The molecule has 0 saturated carbocycles. The van der Waals surface area contributed by atoms with E-state index in [1.807, 2.05) is 21.1 Å². The van der Waals surface area contributed by atoms with Crippen LogP contribution in [-0.4, -0.2) is 57.5 Å². The molecule has 0 aliphatic heterocycles. The van der Waals surface area contributed by atoms with Crippen LogP contribution in [0.1, 0.15) is 20.3 Å². The van der Waals surface area contributed by atoms with Crippen molar-refractivity contribution in [2.45, 2.75) is 26.4 Å². The maximum absolute atomic E-state index is 11.6. The summed E-state index contributed by atoms with van der Waals surface area (Å²) < 4.78 is 26.7. The smallest absolute Gasteiger partial charge is 0.333 e. The maximum Gasteiger partial charge on any atom is 0.333 e. The number of rotatable bonds is 10. The molecular formula is C13H26NO6P. The zero-order chi connectivity index (χ0) is 16.7. The van der Waals surface area contributed by atoms with Crippen LogP contribution in [0.25, 0.3) is 0 Å². The predicted octanol–water partition coefficient (Wildman–Crippen LogP) is 1.09. The first-order chi connectivity index (χ1) is 9.47. The fraction of sp³-hybridized carbons (Fsp3) is 0.769. The van der Waals surface area contributed by atoms with E-state index in [-0.39, 0.29) is 18.8 Å². The largest absolute Gasteiger partial charge is 0.756 e. The van der Waals surface area contributed by atoms with Crippen molar-refractivity contribution < 1.29 is 32.5 Å². The second-order valence-corrected chi connectivity index (χ2v) is 7.22. The molecule has 0 aromatic carbocycles. The minimum absolute atomic E-state index is 0.0343. The molecule has 2 atom stereocenters. The van der Waals surface area contributed by atoms with E-state index in [4.69, 9.17) is 13.8 Å². The van der Waals surface area contributed by atoms with Crippen molar-refractivity contribution in [3.8, 4) is 0 Å². The Labute approximate surface area is 126 Å². The van der Waals surface area contributed by atoms with Gasteiger partial charge in [-0.3, -0.25) is 4.57 Å². The van der Waals surface area contributed by atoms with E-state index in [1.54, 1.807) is 6.92 Å². The average Bonchev–Trinajstić information content (AvgIpc) is 2.31. The molecule has 0 aliphatic rings. The normalized spacial score (nSPS) is 16.1. The van der Waals surface area contributed by atoms with Gasteiger partial charge in [-0.1, -0.05) is 13.5 Å². The molecule has 124 valence electrons. The summed E-state index contributed by atoms with van der Waals surface area (Å²) in [6, 6.07) is 0. The van der Waals surface area contributed by atoms with E-state index in [0.717, 1.165) is 0 Å². The lowest BCUT2D eigenvalue weighted by molar-refractivity contribution is -0.870. The lowest BCUT2D eigenvalue weighted by Gasteiger charge is -2.28. The first kappa shape index (κ1) is 20.3. The molecule has 7 nitrogen and oxygen atoms in total. The number of phosphoric ester groups is 1. The number of esters is 1. The number of phosphoric acid groups is 1. The standard InChI is InChI=1S/C13H26NO6P/c1-7-12(20-13(15)11(2)3)10-19-21(16,17)18-9-8-14(4,5)6/h12H,2,7-10H2,1,3-6H3. The van der Waals surface area contributed by atoms with Gasteiger partial charge in [0.15, 0.2) is 0 Å². The predicted molar refractivity (Wildman–Crippen MR) is 77.4 cm³/mol. The second-order valence-electron chi connectivity index (χ2n) is 5.81. The molecule has 0 radical (unpaired) electrons. The third-order valence-electron chi connectivity index (χ3n) is 2.51. The molecule has 0 amide bonds. The van der Waals surface area contributed by atoms with Crippen LogP contribution in [-0.2, 0) is 23.1 Å². The van der Waals surface area contributed by atoms with E-state index >= 15 is 0 Å². The minimum Gasteiger partial charge on any atom is -0.756 e. The van der Waals surface area contributed by atoms with Gasteiger partial charge in [0.1, 0.15) is 19.3 Å². The summed E-state index contributed by atoms with van der Waals surface area (Å²) in [5.41, 5.74) is 0.248. The van der Waals surface area contributed by atoms with Gasteiger partial charge >= 0.3 is 5.97 Å². The molecule has 0 rings (SSSR count). The van der Waals surface area contributed by atoms with Gasteiger partial charge in [-0.15, -0.1) is 0 Å². The number of quaternary nitrogens is 1. The molecule has 0 fully saturated rings. The van der Waals surface area contributed by atoms with Crippen LogP contribution in [0, 0.1) is 0 Å². The molecule has 0 heterocycles. The number of nitrogens with zero attached hydrogens (tertiary/aromatic N) is 1. The molecule has 0 saturated heterocycles. The highest BCUT2D eigenvalue weighted by Crippen LogP contribution is 2.38. The Kier molecular flexibility index (Phi) is 8.36. The summed E-state index contributed by atoms with van der Waals surface area (Å²) in [5.74, 6) is -0.572. The molecule has 21 heavy (non-hydrogen) atoms. The zero-order valence-corrected chi connectivity index (χ0v) is 14.4. The number of ether oxygens (including phenoxy) is 1. The van der Waals surface area contributed by atoms with Gasteiger partial charge in [-0.05, 0) is 13.3 Å². The van der Waals surface area contributed by atoms with Gasteiger partial charge in [0, 0.05) is 5.57 Å². The van der Waals surface area contributed by atoms with Gasteiger partial charge < -0.3 is 23.2 Å². The van der Waals surface area contributed by atoms with Gasteiger partial charge in [0.25, 0.3) is 7.82 Å². The first-order valence-electron chi connectivity index (χ1n) is 6.74. The molecule has 2 unspecified atom stereocenters. The van der Waals surface area contributed by atoms with Crippen molar-refractivity contribution in [2.75, 3.05) is 40.9 Å². The fourth-order valence-electron chi connectivity index (χ4n) is 1.13. The molecular weight excluding hydrogens is 297 g/mol. The monoisotopic (exact) mass is 323 g/mol. The van der Waals surface area contributed by atoms with Gasteiger partial charge in [-0.25, -0.2) is 4.79 Å². The zero-order valence-electron chi connectivity index (χ0n) is 13.5. The lowest BCUT2D eigenvalue weighted by atomic mass is 10.3. The van der Waals surface area contributed by atoms with Crippen molar-refractivity contribution in [3.63, 3.8) is 0 Å². The SMILES string of the molecule is C=C(C)C(=O)OC(CC)COP(=O)([O-])OCC[N+](C)(C)C. The third-order valence-corrected chi connectivity index (χ3v) is 3.47. The van der Waals surface area contributed by atoms with Crippen LogP contribution in [0.15, 0.2) is 12.2 Å². The van der Waals surface area contributed by atoms with Crippen molar-refractivity contribution in [2.24, 2.45) is 0 Å². The highest BCUT2D eigenvalue weighted by molar-refractivity contribution is 7.45. The van der Waals surface area contributed by atoms with E-state index < -0.39 is 19.9 Å². The summed E-state index contributed by atoms with van der Waals surface area (Å²) in [7, 11) is 1.38. The van der Waals surface area contributed by atoms with Gasteiger partial charge in [-0.2, -0.15) is 0 Å². The van der Waals surface area contributed by atoms with Crippen LogP contribution < -0.4 is 4.89 Å². The molecule has 0 aromatic heterocycles. The average molecular weight is 323 g/mol. The van der Waals surface area contributed by atoms with Crippen molar-refractivity contribution in [1.29, 1.82) is 0 Å². The number of hydrogen-bond acceptors (Lipinski definition) is 6. The van der Waals surface area contributed by atoms with Crippen LogP contribution in [0.4, 0.5) is 0 Å². The third kappa shape index (κ3) is 10.6. The summed E-state index contributed by atoms with van der Waals surface area (Å²) in [6.45, 7) is 7.03. The van der Waals surface area contributed by atoms with E-state index in [1.165, 1.54) is 6.92 Å². The Morgan fingerprint density at radius 1 is 1.33 bits per heavy atom. The lowest BCUT2D eigenvalue weighted by Crippen LogP contribution is -2.37. The summed E-state index contributed by atoms with van der Waals surface area (Å²) in [4.78, 5) is 22.9. The number of carbonyl (C=O) groups excluding carboxylic acids is 1. The van der Waals surface area contributed by atoms with E-state index in [0.29, 0.717) is 17.4 Å². The quantitative estimate of drug-likeness (QED) is 0.259. The summed E-state index contributed by atoms with van der Waals surface area (Å²) in [5, 5.41) is 0. The summed E-state index contributed by atoms with van der Waals surface area (Å²) in [6.07, 6.45) is -0.226. The molecule has 8 heteroatoms. The van der Waals surface area contributed by atoms with Crippen molar-refractivity contribution >= 4 is 13.8 Å². The maximum atomic E-state index is 11.6. The Bertz CT molecular complexity index is 404. The summed E-state index contributed by atoms with van der Waals surface area (Å²) >= 11 is 0. The molecule has 0 aromatic rings. The molecule has 0 bridgehead atoms. The molecule has 0 N–H and O–H groups in total. The fourth-order valence-corrected chi connectivity index (χ4v) is 1.85. The van der Waals surface area contributed by atoms with Crippen molar-refractivity contribution in [1.82, 2.24) is 0 Å². The van der Waals surface area contributed by atoms with Gasteiger partial charge in [0.05, 0.1) is 27.7 Å². The first-order valence-corrected chi connectivity index (χ1v) is 8.20. The second kappa shape index (κ2) is 8.66. The van der Waals surface area contributed by atoms with Crippen LogP contribution >= 0.6 is 7.82 Å². The molecule has 0 spiro atoms. The Balaban J connectivity index is 4.23. The highest BCUT2D eigenvalue weighted by atomic mass is 31.2. The van der Waals surface area contributed by atoms with Crippen LogP contribution in [0.2, 0.25) is 0 Å². The van der Waals surface area contributed by atoms with E-state index in [2.05, 4.69) is 6.58 Å². The highest BCUT2D eigenvalue weighted by Gasteiger charge is 2.18. The van der Waals surface area contributed by atoms with Gasteiger partial charge in [0.2, 0.25) is 0 Å². The van der Waals surface area contributed by atoms with Crippen molar-refractivity contribution in [3.05, 3.63) is 12.2 Å². The number of carbonyl (C=O) groups is 1. The number of hydrogen-bond donors (Lipinski definition) is 0. The van der Waals surface area contributed by atoms with Crippen LogP contribution in [0.5, 0.6) is 0 Å². The Hall–Kier alpha value is -0.720.